The lowest BCUT2D eigenvalue weighted by molar-refractivity contribution is -0.113. The maximum Gasteiger partial charge on any atom is 0.251 e. The van der Waals surface area contributed by atoms with E-state index in [2.05, 4.69) is 10.1 Å². The summed E-state index contributed by atoms with van der Waals surface area (Å²) in [4.78, 5) is 12.4. The van der Waals surface area contributed by atoms with Gasteiger partial charge in [-0.15, -0.1) is 0 Å². The van der Waals surface area contributed by atoms with Crippen LogP contribution in [0.5, 0.6) is 5.75 Å². The van der Waals surface area contributed by atoms with Crippen molar-refractivity contribution >= 4 is 21.9 Å². The fourth-order valence-corrected chi connectivity index (χ4v) is 5.29. The summed E-state index contributed by atoms with van der Waals surface area (Å²) in [6.45, 7) is 2.53. The van der Waals surface area contributed by atoms with Gasteiger partial charge in [-0.05, 0) is 61.2 Å². The fraction of sp³-hybridized carbons (Fsp3) is 0.333. The molecular formula is C27H30FN5O4S. The van der Waals surface area contributed by atoms with Gasteiger partial charge in [0.2, 0.25) is 10.0 Å². The second kappa shape index (κ2) is 9.88. The van der Waals surface area contributed by atoms with E-state index in [9.17, 15) is 12.8 Å². The van der Waals surface area contributed by atoms with Crippen molar-refractivity contribution in [2.75, 3.05) is 33.5 Å². The number of ether oxygens (including phenoxy) is 1. The van der Waals surface area contributed by atoms with Crippen LogP contribution in [0.15, 0.2) is 65.7 Å². The number of fused-ring (bicyclic) bond motifs is 1. The molecule has 9 nitrogen and oxygen atoms in total. The van der Waals surface area contributed by atoms with Gasteiger partial charge in [-0.3, -0.25) is 0 Å². The molecule has 0 N–H and O–H groups in total. The molecule has 5 rings (SSSR count). The molecule has 2 aliphatic heterocycles. The average Bonchev–Trinajstić information content (AvgIpc) is 3.49. The summed E-state index contributed by atoms with van der Waals surface area (Å²) in [6.07, 6.45) is 8.44. The Bertz CT molecular complexity index is 1520. The zero-order valence-electron chi connectivity index (χ0n) is 21.8. The molecule has 11 heteroatoms. The zero-order chi connectivity index (χ0) is 27.1. The van der Waals surface area contributed by atoms with Crippen LogP contribution in [0, 0.1) is 12.7 Å². The predicted molar refractivity (Wildman–Crippen MR) is 143 cm³/mol. The number of oxime groups is 1. The molecule has 0 spiro atoms. The van der Waals surface area contributed by atoms with Crippen LogP contribution in [0.3, 0.4) is 0 Å². The number of rotatable bonds is 7. The third-order valence-corrected chi connectivity index (χ3v) is 8.18. The van der Waals surface area contributed by atoms with Gasteiger partial charge in [0.1, 0.15) is 11.6 Å². The summed E-state index contributed by atoms with van der Waals surface area (Å²) < 4.78 is 47.2. The highest BCUT2D eigenvalue weighted by Gasteiger charge is 2.51. The van der Waals surface area contributed by atoms with Crippen LogP contribution < -0.4 is 4.74 Å². The van der Waals surface area contributed by atoms with Crippen LogP contribution in [-0.4, -0.2) is 66.5 Å². The minimum Gasteiger partial charge on any atom is -0.495 e. The number of piperidine rings is 1. The zero-order valence-corrected chi connectivity index (χ0v) is 22.6. The Balaban J connectivity index is 1.51. The number of halogens is 1. The van der Waals surface area contributed by atoms with Crippen molar-refractivity contribution in [1.82, 2.24) is 18.8 Å². The van der Waals surface area contributed by atoms with E-state index in [1.165, 1.54) is 23.5 Å². The number of methoxy groups -OCH3 is 1. The highest BCUT2D eigenvalue weighted by atomic mass is 32.2. The molecule has 1 fully saturated rings. The van der Waals surface area contributed by atoms with Gasteiger partial charge >= 0.3 is 0 Å². The maximum atomic E-state index is 13.8. The molecule has 0 unspecified atom stereocenters. The predicted octanol–water partition coefficient (Wildman–Crippen LogP) is 3.90. The molecule has 3 aromatic rings. The summed E-state index contributed by atoms with van der Waals surface area (Å²) >= 11 is 0. The standard InChI is InChI=1S/C27H30FN5O4S/c1-19-16-32(18-29-19)24-12-7-20(15-25(24)36-3)14-21-6-5-13-33-26(21)30-37-27(33,17-31(2)38(4,34)35)22-8-10-23(28)11-9-22/h7-12,14-16,18H,5-6,13,17H2,1-4H3/b21-14+/t27-/m1/s1. The van der Waals surface area contributed by atoms with Gasteiger partial charge < -0.3 is 19.0 Å². The molecular weight excluding hydrogens is 509 g/mol. The van der Waals surface area contributed by atoms with Crippen LogP contribution >= 0.6 is 0 Å². The topological polar surface area (TPSA) is 89.3 Å². The number of benzene rings is 2. The Kier molecular flexibility index (Phi) is 6.74. The number of likely N-dealkylation sites (N-methyl/N-ethyl adjacent to an activating group) is 1. The lowest BCUT2D eigenvalue weighted by atomic mass is 9.94. The Morgan fingerprint density at radius 2 is 2.00 bits per heavy atom. The summed E-state index contributed by atoms with van der Waals surface area (Å²) in [5, 5.41) is 4.45. The normalized spacial score (nSPS) is 20.4. The Hall–Kier alpha value is -3.70. The second-order valence-electron chi connectivity index (χ2n) is 9.59. The van der Waals surface area contributed by atoms with E-state index in [1.807, 2.05) is 46.9 Å². The Morgan fingerprint density at radius 3 is 2.66 bits per heavy atom. The molecule has 0 amide bonds. The smallest absolute Gasteiger partial charge is 0.251 e. The van der Waals surface area contributed by atoms with E-state index in [1.54, 1.807) is 25.6 Å². The van der Waals surface area contributed by atoms with Gasteiger partial charge in [-0.1, -0.05) is 23.4 Å². The van der Waals surface area contributed by atoms with Gasteiger partial charge in [0.15, 0.2) is 5.84 Å². The van der Waals surface area contributed by atoms with Gasteiger partial charge in [0.25, 0.3) is 5.72 Å². The number of sulfonamides is 1. The van der Waals surface area contributed by atoms with Gasteiger partial charge in [-0.2, -0.15) is 4.31 Å². The van der Waals surface area contributed by atoms with Crippen molar-refractivity contribution in [2.45, 2.75) is 25.5 Å². The number of aryl methyl sites for hydroxylation is 1. The highest BCUT2D eigenvalue weighted by molar-refractivity contribution is 7.88. The summed E-state index contributed by atoms with van der Waals surface area (Å²) in [7, 11) is -0.382. The largest absolute Gasteiger partial charge is 0.495 e. The van der Waals surface area contributed by atoms with Crippen LogP contribution in [-0.2, 0) is 20.6 Å². The monoisotopic (exact) mass is 539 g/mol. The minimum absolute atomic E-state index is 0.00934. The number of imidazole rings is 1. The minimum atomic E-state index is -3.51. The van der Waals surface area contributed by atoms with Crippen molar-refractivity contribution in [3.05, 3.63) is 83.2 Å². The quantitative estimate of drug-likeness (QED) is 0.453. The van der Waals surface area contributed by atoms with Gasteiger partial charge in [0.05, 0.1) is 37.6 Å². The number of hydrogen-bond donors (Lipinski definition) is 0. The van der Waals surface area contributed by atoms with Crippen molar-refractivity contribution in [1.29, 1.82) is 0 Å². The van der Waals surface area contributed by atoms with Crippen molar-refractivity contribution in [2.24, 2.45) is 5.16 Å². The van der Waals surface area contributed by atoms with E-state index in [4.69, 9.17) is 9.57 Å². The first-order valence-electron chi connectivity index (χ1n) is 12.2. The second-order valence-corrected chi connectivity index (χ2v) is 11.7. The van der Waals surface area contributed by atoms with Gasteiger partial charge in [-0.25, -0.2) is 17.8 Å². The molecule has 38 heavy (non-hydrogen) atoms. The van der Waals surface area contributed by atoms with E-state index >= 15 is 0 Å². The molecule has 200 valence electrons. The number of hydrogen-bond acceptors (Lipinski definition) is 7. The third kappa shape index (κ3) is 4.79. The summed E-state index contributed by atoms with van der Waals surface area (Å²) in [5.41, 5.74) is 3.06. The van der Waals surface area contributed by atoms with Crippen LogP contribution in [0.2, 0.25) is 0 Å². The van der Waals surface area contributed by atoms with E-state index in [0.29, 0.717) is 23.7 Å². The lowest BCUT2D eigenvalue weighted by Gasteiger charge is -2.41. The molecule has 0 saturated carbocycles. The molecule has 1 aromatic heterocycles. The Morgan fingerprint density at radius 1 is 1.24 bits per heavy atom. The average molecular weight is 540 g/mol. The first kappa shape index (κ1) is 25.9. The molecule has 2 aliphatic rings. The van der Waals surface area contributed by atoms with Crippen LogP contribution in [0.4, 0.5) is 4.39 Å². The van der Waals surface area contributed by atoms with Crippen molar-refractivity contribution in [3.63, 3.8) is 0 Å². The molecule has 0 radical (unpaired) electrons. The first-order valence-corrected chi connectivity index (χ1v) is 14.1. The number of aromatic nitrogens is 2. The molecule has 0 aliphatic carbocycles. The molecule has 1 saturated heterocycles. The number of amidine groups is 1. The summed E-state index contributed by atoms with van der Waals surface area (Å²) in [5.74, 6) is 0.946. The van der Waals surface area contributed by atoms with Crippen molar-refractivity contribution < 1.29 is 22.4 Å². The maximum absolute atomic E-state index is 13.8. The Labute approximate surface area is 221 Å². The summed E-state index contributed by atoms with van der Waals surface area (Å²) in [6, 6.07) is 11.8. The van der Waals surface area contributed by atoms with Crippen LogP contribution in [0.1, 0.15) is 29.7 Å². The molecule has 0 bridgehead atoms. The molecule has 1 atom stereocenters. The number of nitrogens with zero attached hydrogens (tertiary/aromatic N) is 5. The van der Waals surface area contributed by atoms with Crippen molar-refractivity contribution in [3.8, 4) is 11.4 Å². The molecule has 3 heterocycles. The van der Waals surface area contributed by atoms with Gasteiger partial charge in [0, 0.05) is 25.4 Å². The van der Waals surface area contributed by atoms with E-state index in [0.717, 1.165) is 41.6 Å². The first-order chi connectivity index (χ1) is 18.1. The van der Waals surface area contributed by atoms with Crippen LogP contribution in [0.25, 0.3) is 11.8 Å². The van der Waals surface area contributed by atoms with E-state index < -0.39 is 15.7 Å². The highest BCUT2D eigenvalue weighted by Crippen LogP contribution is 2.41. The third-order valence-electron chi connectivity index (χ3n) is 6.92. The fourth-order valence-electron chi connectivity index (χ4n) is 4.88. The van der Waals surface area contributed by atoms with E-state index in [-0.39, 0.29) is 12.4 Å². The SMILES string of the molecule is COc1cc(/C=C2\CCCN3C2=NO[C@]3(CN(C)S(C)(=O)=O)c2ccc(F)cc2)ccc1-n1cnc(C)c1. The lowest BCUT2D eigenvalue weighted by Crippen LogP contribution is -2.55. The molecule has 2 aromatic carbocycles.